The molecule has 198 valence electrons. The molecule has 0 fully saturated rings. The summed E-state index contributed by atoms with van der Waals surface area (Å²) < 4.78 is 0. The number of benzene rings is 3. The molecule has 0 saturated carbocycles. The van der Waals surface area contributed by atoms with Gasteiger partial charge < -0.3 is 0 Å². The van der Waals surface area contributed by atoms with Crippen molar-refractivity contribution < 1.29 is 0 Å². The second kappa shape index (κ2) is 13.6. The molecule has 0 heterocycles. The van der Waals surface area contributed by atoms with Gasteiger partial charge in [-0.05, 0) is 87.7 Å². The Morgan fingerprint density at radius 2 is 1.38 bits per heavy atom. The molecular weight excluding hydrogens is 468 g/mol. The summed E-state index contributed by atoms with van der Waals surface area (Å²) in [6, 6.07) is 25.0. The molecular formula is C39H42. The van der Waals surface area contributed by atoms with E-state index in [1.54, 1.807) is 0 Å². The van der Waals surface area contributed by atoms with Crippen LogP contribution in [-0.2, 0) is 5.41 Å². The summed E-state index contributed by atoms with van der Waals surface area (Å²) >= 11 is 0. The van der Waals surface area contributed by atoms with Crippen molar-refractivity contribution in [1.82, 2.24) is 0 Å². The first-order chi connectivity index (χ1) is 19.0. The third kappa shape index (κ3) is 6.00. The minimum atomic E-state index is -0.000320. The van der Waals surface area contributed by atoms with Gasteiger partial charge in [0.25, 0.3) is 0 Å². The van der Waals surface area contributed by atoms with E-state index in [9.17, 15) is 0 Å². The third-order valence-corrected chi connectivity index (χ3v) is 7.55. The Morgan fingerprint density at radius 3 is 2.10 bits per heavy atom. The molecule has 5 rings (SSSR count). The quantitative estimate of drug-likeness (QED) is 0.243. The van der Waals surface area contributed by atoms with Crippen LogP contribution in [0.4, 0.5) is 0 Å². The maximum atomic E-state index is 4.00. The van der Waals surface area contributed by atoms with Crippen molar-refractivity contribution in [3.8, 4) is 24.0 Å². The van der Waals surface area contributed by atoms with Crippen LogP contribution in [0.1, 0.15) is 71.1 Å². The molecule has 2 aliphatic rings. The Bertz CT molecular complexity index is 1560. The van der Waals surface area contributed by atoms with Gasteiger partial charge in [-0.15, -0.1) is 12.8 Å². The molecule has 0 amide bonds. The van der Waals surface area contributed by atoms with Gasteiger partial charge in [0, 0.05) is 5.41 Å². The fourth-order valence-corrected chi connectivity index (χ4v) is 5.64. The van der Waals surface area contributed by atoms with Gasteiger partial charge >= 0.3 is 0 Å². The van der Waals surface area contributed by atoms with Gasteiger partial charge in [-0.25, -0.2) is 0 Å². The van der Waals surface area contributed by atoms with Crippen molar-refractivity contribution in [2.45, 2.75) is 59.8 Å². The SMILES string of the molecule is C#C.CC.C\C=C/C=C(C)/C1=c2\cccc\c2=C(/c2ccc3c(c2)C(C)(C)c2ccccc2-3)C/C=C\C=C/C1. The number of hydrogen-bond donors (Lipinski definition) is 0. The van der Waals surface area contributed by atoms with E-state index in [0.717, 1.165) is 12.8 Å². The molecule has 39 heavy (non-hydrogen) atoms. The van der Waals surface area contributed by atoms with Gasteiger partial charge in [0.1, 0.15) is 0 Å². The van der Waals surface area contributed by atoms with Gasteiger partial charge in [0.05, 0.1) is 0 Å². The summed E-state index contributed by atoms with van der Waals surface area (Å²) in [5, 5.41) is 2.67. The molecule has 0 nitrogen and oxygen atoms in total. The molecule has 0 spiro atoms. The number of fused-ring (bicyclic) bond motifs is 4. The van der Waals surface area contributed by atoms with Crippen molar-refractivity contribution in [2.75, 3.05) is 0 Å². The predicted octanol–water partition coefficient (Wildman–Crippen LogP) is 9.05. The Balaban J connectivity index is 0.00000100. The highest BCUT2D eigenvalue weighted by Crippen LogP contribution is 2.49. The van der Waals surface area contributed by atoms with E-state index in [4.69, 9.17) is 0 Å². The Labute approximate surface area is 236 Å². The maximum Gasteiger partial charge on any atom is 0.0159 e. The molecule has 0 saturated heterocycles. The summed E-state index contributed by atoms with van der Waals surface area (Å²) in [6.07, 6.45) is 25.2. The fraction of sp³-hybridized carbons (Fsp3) is 0.231. The molecule has 0 N–H and O–H groups in total. The third-order valence-electron chi connectivity index (χ3n) is 7.55. The van der Waals surface area contributed by atoms with Crippen molar-refractivity contribution >= 4 is 11.1 Å². The normalized spacial score (nSPS) is 19.7. The lowest BCUT2D eigenvalue weighted by Gasteiger charge is -2.22. The van der Waals surface area contributed by atoms with Crippen LogP contribution >= 0.6 is 0 Å². The second-order valence-electron chi connectivity index (χ2n) is 10.1. The molecule has 0 aliphatic heterocycles. The van der Waals surface area contributed by atoms with Crippen LogP contribution in [0.5, 0.6) is 0 Å². The fourth-order valence-electron chi connectivity index (χ4n) is 5.64. The Morgan fingerprint density at radius 1 is 0.769 bits per heavy atom. The van der Waals surface area contributed by atoms with Crippen molar-refractivity contribution in [1.29, 1.82) is 0 Å². The van der Waals surface area contributed by atoms with Crippen LogP contribution in [0.2, 0.25) is 0 Å². The molecule has 0 atom stereocenters. The lowest BCUT2D eigenvalue weighted by molar-refractivity contribution is 0.660. The van der Waals surface area contributed by atoms with E-state index < -0.39 is 0 Å². The molecule has 0 unspecified atom stereocenters. The van der Waals surface area contributed by atoms with Gasteiger partial charge in [0.15, 0.2) is 0 Å². The monoisotopic (exact) mass is 510 g/mol. The van der Waals surface area contributed by atoms with Gasteiger partial charge in [-0.2, -0.15) is 0 Å². The summed E-state index contributed by atoms with van der Waals surface area (Å²) in [4.78, 5) is 0. The number of allylic oxidation sites excluding steroid dienone is 8. The molecule has 0 aromatic heterocycles. The highest BCUT2D eigenvalue weighted by Gasteiger charge is 2.35. The van der Waals surface area contributed by atoms with Crippen LogP contribution in [0, 0.1) is 12.8 Å². The van der Waals surface area contributed by atoms with E-state index in [0.29, 0.717) is 0 Å². The van der Waals surface area contributed by atoms with Crippen LogP contribution in [0.3, 0.4) is 0 Å². The minimum Gasteiger partial charge on any atom is -0.124 e. The standard InChI is InChI=1S/C35H34.C2H6.C2H2/c1-5-6-15-25(2)27-16-9-7-8-10-17-28(30-19-12-11-18-29(27)30)26-22-23-32-31-20-13-14-21-33(31)35(3,4)34(32)24-26;2*1-2/h5-15,18-24H,16-17H2,1-4H3;1-2H3;1-2H/b6-5-,9-7-,10-8-,25-15+,29-27+,30-28+;;. The predicted molar refractivity (Wildman–Crippen MR) is 173 cm³/mol. The van der Waals surface area contributed by atoms with Gasteiger partial charge in [-0.3, -0.25) is 0 Å². The van der Waals surface area contributed by atoms with E-state index in [2.05, 4.69) is 150 Å². The average Bonchev–Trinajstić information content (AvgIpc) is 3.22. The van der Waals surface area contributed by atoms with Crippen molar-refractivity contribution in [3.63, 3.8) is 0 Å². The number of hydrogen-bond acceptors (Lipinski definition) is 0. The second-order valence-corrected chi connectivity index (χ2v) is 10.1. The first-order valence-electron chi connectivity index (χ1n) is 14.0. The smallest absolute Gasteiger partial charge is 0.0159 e. The summed E-state index contributed by atoms with van der Waals surface area (Å²) in [5.41, 5.74) is 11.0. The summed E-state index contributed by atoms with van der Waals surface area (Å²) in [5.74, 6) is 0. The largest absolute Gasteiger partial charge is 0.124 e. The molecule has 0 bridgehead atoms. The van der Waals surface area contributed by atoms with Crippen LogP contribution in [0.15, 0.2) is 115 Å². The van der Waals surface area contributed by atoms with E-state index >= 15 is 0 Å². The minimum absolute atomic E-state index is 0.000320. The lowest BCUT2D eigenvalue weighted by atomic mass is 9.81. The Kier molecular flexibility index (Phi) is 10.3. The first kappa shape index (κ1) is 29.5. The van der Waals surface area contributed by atoms with E-state index in [-0.39, 0.29) is 5.41 Å². The zero-order valence-corrected chi connectivity index (χ0v) is 24.5. The Hall–Kier alpha value is -4.08. The molecule has 0 heteroatoms. The highest BCUT2D eigenvalue weighted by molar-refractivity contribution is 5.83. The number of rotatable bonds is 3. The topological polar surface area (TPSA) is 0 Å². The average molecular weight is 511 g/mol. The molecule has 3 aromatic rings. The molecule has 0 radical (unpaired) electrons. The number of terminal acetylenes is 1. The maximum absolute atomic E-state index is 4.00. The van der Waals surface area contributed by atoms with Gasteiger partial charge in [0.2, 0.25) is 0 Å². The zero-order valence-electron chi connectivity index (χ0n) is 24.5. The van der Waals surface area contributed by atoms with Crippen molar-refractivity contribution in [3.05, 3.63) is 142 Å². The van der Waals surface area contributed by atoms with E-state index in [1.165, 1.54) is 55.0 Å². The first-order valence-corrected chi connectivity index (χ1v) is 14.0. The van der Waals surface area contributed by atoms with Gasteiger partial charge in [-0.1, -0.05) is 131 Å². The van der Waals surface area contributed by atoms with Crippen LogP contribution in [0.25, 0.3) is 22.3 Å². The molecule has 3 aromatic carbocycles. The van der Waals surface area contributed by atoms with Crippen molar-refractivity contribution in [2.24, 2.45) is 0 Å². The molecule has 2 aliphatic carbocycles. The lowest BCUT2D eigenvalue weighted by Crippen LogP contribution is -2.30. The summed E-state index contributed by atoms with van der Waals surface area (Å²) in [6.45, 7) is 13.0. The summed E-state index contributed by atoms with van der Waals surface area (Å²) in [7, 11) is 0. The van der Waals surface area contributed by atoms with Crippen LogP contribution < -0.4 is 10.4 Å². The highest BCUT2D eigenvalue weighted by atomic mass is 14.4. The van der Waals surface area contributed by atoms with Crippen LogP contribution in [-0.4, -0.2) is 0 Å². The zero-order chi connectivity index (χ0) is 28.4. The van der Waals surface area contributed by atoms with E-state index in [1.807, 2.05) is 13.8 Å².